The average Bonchev–Trinajstić information content (AvgIpc) is 2.97. The zero-order valence-electron chi connectivity index (χ0n) is 10.4. The SMILES string of the molecule is Cc1sc(N)c(-c2nc(-c3cnccn3)no2)c1C. The van der Waals surface area contributed by atoms with Crippen molar-refractivity contribution in [3.05, 3.63) is 29.0 Å². The minimum atomic E-state index is 0.408. The first-order valence-electron chi connectivity index (χ1n) is 5.62. The Balaban J connectivity index is 2.07. The molecule has 0 atom stereocenters. The quantitative estimate of drug-likeness (QED) is 0.771. The summed E-state index contributed by atoms with van der Waals surface area (Å²) in [6.07, 6.45) is 4.76. The van der Waals surface area contributed by atoms with E-state index in [9.17, 15) is 0 Å². The summed E-state index contributed by atoms with van der Waals surface area (Å²) in [5.41, 5.74) is 8.43. The third kappa shape index (κ3) is 1.97. The van der Waals surface area contributed by atoms with E-state index in [1.165, 1.54) is 11.3 Å². The Morgan fingerprint density at radius 2 is 2.11 bits per heavy atom. The number of rotatable bonds is 2. The molecular weight excluding hydrogens is 262 g/mol. The van der Waals surface area contributed by atoms with Crippen molar-refractivity contribution in [2.45, 2.75) is 13.8 Å². The monoisotopic (exact) mass is 273 g/mol. The molecule has 0 aromatic carbocycles. The van der Waals surface area contributed by atoms with Crippen LogP contribution in [0.5, 0.6) is 0 Å². The molecule has 0 amide bonds. The summed E-state index contributed by atoms with van der Waals surface area (Å²) in [6, 6.07) is 0. The molecular formula is C12H11N5OS. The van der Waals surface area contributed by atoms with Crippen molar-refractivity contribution in [1.82, 2.24) is 20.1 Å². The van der Waals surface area contributed by atoms with Crippen molar-refractivity contribution < 1.29 is 4.52 Å². The molecule has 3 aromatic heterocycles. The van der Waals surface area contributed by atoms with Gasteiger partial charge in [-0.15, -0.1) is 11.3 Å². The Kier molecular flexibility index (Phi) is 2.75. The number of hydrogen-bond donors (Lipinski definition) is 1. The van der Waals surface area contributed by atoms with Gasteiger partial charge >= 0.3 is 0 Å². The van der Waals surface area contributed by atoms with Crippen LogP contribution in [0.25, 0.3) is 23.0 Å². The predicted molar refractivity (Wildman–Crippen MR) is 72.5 cm³/mol. The van der Waals surface area contributed by atoms with Gasteiger partial charge in [0.05, 0.1) is 16.8 Å². The van der Waals surface area contributed by atoms with Crippen LogP contribution in [0.1, 0.15) is 10.4 Å². The van der Waals surface area contributed by atoms with Gasteiger partial charge in [-0.05, 0) is 19.4 Å². The van der Waals surface area contributed by atoms with Gasteiger partial charge in [-0.2, -0.15) is 4.98 Å². The molecule has 0 aliphatic rings. The Morgan fingerprint density at radius 3 is 2.74 bits per heavy atom. The lowest BCUT2D eigenvalue weighted by molar-refractivity contribution is 0.432. The van der Waals surface area contributed by atoms with Crippen LogP contribution in [0, 0.1) is 13.8 Å². The first-order chi connectivity index (χ1) is 9.16. The highest BCUT2D eigenvalue weighted by Gasteiger charge is 2.19. The second-order valence-electron chi connectivity index (χ2n) is 4.04. The largest absolute Gasteiger partial charge is 0.390 e. The Bertz CT molecular complexity index is 719. The lowest BCUT2D eigenvalue weighted by Gasteiger charge is -1.94. The van der Waals surface area contributed by atoms with Crippen molar-refractivity contribution in [2.24, 2.45) is 0 Å². The van der Waals surface area contributed by atoms with Crippen LogP contribution < -0.4 is 5.73 Å². The molecule has 0 aliphatic heterocycles. The molecule has 0 unspecified atom stereocenters. The van der Waals surface area contributed by atoms with E-state index >= 15 is 0 Å². The minimum Gasteiger partial charge on any atom is -0.390 e. The fourth-order valence-electron chi connectivity index (χ4n) is 1.76. The fraction of sp³-hybridized carbons (Fsp3) is 0.167. The summed E-state index contributed by atoms with van der Waals surface area (Å²) < 4.78 is 5.28. The smallest absolute Gasteiger partial charge is 0.261 e. The van der Waals surface area contributed by atoms with Crippen LogP contribution in [0.2, 0.25) is 0 Å². The van der Waals surface area contributed by atoms with E-state index in [2.05, 4.69) is 20.1 Å². The van der Waals surface area contributed by atoms with Crippen LogP contribution in [-0.2, 0) is 0 Å². The highest BCUT2D eigenvalue weighted by molar-refractivity contribution is 7.16. The third-order valence-electron chi connectivity index (χ3n) is 2.84. The number of aryl methyl sites for hydroxylation is 1. The van der Waals surface area contributed by atoms with Gasteiger partial charge in [0.1, 0.15) is 5.69 Å². The van der Waals surface area contributed by atoms with E-state index in [0.29, 0.717) is 22.4 Å². The molecule has 96 valence electrons. The van der Waals surface area contributed by atoms with E-state index in [4.69, 9.17) is 10.3 Å². The van der Waals surface area contributed by atoms with E-state index < -0.39 is 0 Å². The van der Waals surface area contributed by atoms with E-state index in [1.54, 1.807) is 18.6 Å². The Morgan fingerprint density at radius 1 is 1.26 bits per heavy atom. The van der Waals surface area contributed by atoms with Crippen LogP contribution in [0.15, 0.2) is 23.1 Å². The molecule has 0 fully saturated rings. The van der Waals surface area contributed by atoms with Gasteiger partial charge in [-0.1, -0.05) is 5.16 Å². The lowest BCUT2D eigenvalue weighted by Crippen LogP contribution is -1.88. The van der Waals surface area contributed by atoms with Crippen molar-refractivity contribution in [2.75, 3.05) is 5.73 Å². The predicted octanol–water partition coefficient (Wildman–Crippen LogP) is 2.45. The molecule has 7 heteroatoms. The first-order valence-corrected chi connectivity index (χ1v) is 6.44. The highest BCUT2D eigenvalue weighted by atomic mass is 32.1. The van der Waals surface area contributed by atoms with Gasteiger partial charge < -0.3 is 10.3 Å². The van der Waals surface area contributed by atoms with Crippen molar-refractivity contribution in [1.29, 1.82) is 0 Å². The Hall–Kier alpha value is -2.28. The van der Waals surface area contributed by atoms with Gasteiger partial charge in [0, 0.05) is 17.3 Å². The molecule has 6 nitrogen and oxygen atoms in total. The summed E-state index contributed by atoms with van der Waals surface area (Å²) in [6.45, 7) is 4.00. The molecule has 3 rings (SSSR count). The normalized spacial score (nSPS) is 10.8. The minimum absolute atomic E-state index is 0.408. The lowest BCUT2D eigenvalue weighted by atomic mass is 10.1. The van der Waals surface area contributed by atoms with E-state index in [1.807, 2.05) is 13.8 Å². The van der Waals surface area contributed by atoms with Crippen LogP contribution in [0.4, 0.5) is 5.00 Å². The average molecular weight is 273 g/mol. The number of nitrogens with two attached hydrogens (primary N) is 1. The molecule has 0 saturated heterocycles. The summed E-state index contributed by atoms with van der Waals surface area (Å²) in [4.78, 5) is 13.6. The number of hydrogen-bond acceptors (Lipinski definition) is 7. The summed E-state index contributed by atoms with van der Waals surface area (Å²) >= 11 is 1.52. The molecule has 0 bridgehead atoms. The molecule has 3 aromatic rings. The van der Waals surface area contributed by atoms with Gasteiger partial charge in [-0.25, -0.2) is 4.98 Å². The third-order valence-corrected chi connectivity index (χ3v) is 3.88. The number of anilines is 1. The second-order valence-corrected chi connectivity index (χ2v) is 5.29. The van der Waals surface area contributed by atoms with E-state index in [0.717, 1.165) is 16.0 Å². The second kappa shape index (κ2) is 4.43. The summed E-state index contributed by atoms with van der Waals surface area (Å²) in [5.74, 6) is 0.825. The molecule has 0 spiro atoms. The summed E-state index contributed by atoms with van der Waals surface area (Å²) in [7, 11) is 0. The zero-order valence-corrected chi connectivity index (χ0v) is 11.2. The molecule has 19 heavy (non-hydrogen) atoms. The number of nitrogens with zero attached hydrogens (tertiary/aromatic N) is 4. The maximum absolute atomic E-state index is 5.98. The van der Waals surface area contributed by atoms with Crippen LogP contribution in [0.3, 0.4) is 0 Å². The zero-order chi connectivity index (χ0) is 13.4. The van der Waals surface area contributed by atoms with Gasteiger partial charge in [0.2, 0.25) is 5.82 Å². The fourth-order valence-corrected chi connectivity index (χ4v) is 2.69. The molecule has 0 aliphatic carbocycles. The number of thiophene rings is 1. The summed E-state index contributed by atoms with van der Waals surface area (Å²) in [5, 5.41) is 4.60. The van der Waals surface area contributed by atoms with Gasteiger partial charge in [0.25, 0.3) is 5.89 Å². The number of nitrogen functional groups attached to an aromatic ring is 1. The van der Waals surface area contributed by atoms with Crippen molar-refractivity contribution in [3.63, 3.8) is 0 Å². The Labute approximate surface area is 113 Å². The van der Waals surface area contributed by atoms with Crippen molar-refractivity contribution >= 4 is 16.3 Å². The standard InChI is InChI=1S/C12H11N5OS/c1-6-7(2)19-10(13)9(6)12-16-11(17-18-12)8-5-14-3-4-15-8/h3-5H,13H2,1-2H3. The van der Waals surface area contributed by atoms with Gasteiger partial charge in [0.15, 0.2) is 0 Å². The molecule has 2 N–H and O–H groups in total. The maximum atomic E-state index is 5.98. The van der Waals surface area contributed by atoms with Gasteiger partial charge in [-0.3, -0.25) is 4.98 Å². The topological polar surface area (TPSA) is 90.7 Å². The van der Waals surface area contributed by atoms with Crippen LogP contribution in [-0.4, -0.2) is 20.1 Å². The highest BCUT2D eigenvalue weighted by Crippen LogP contribution is 2.37. The molecule has 3 heterocycles. The maximum Gasteiger partial charge on any atom is 0.261 e. The molecule has 0 saturated carbocycles. The first kappa shape index (κ1) is 11.8. The van der Waals surface area contributed by atoms with Crippen molar-refractivity contribution in [3.8, 4) is 23.0 Å². The van der Waals surface area contributed by atoms with Crippen LogP contribution >= 0.6 is 11.3 Å². The molecule has 0 radical (unpaired) electrons. The van der Waals surface area contributed by atoms with E-state index in [-0.39, 0.29) is 0 Å². The number of aromatic nitrogens is 4.